The molecule has 0 aromatic rings. The molecule has 2 saturated heterocycles. The lowest BCUT2D eigenvalue weighted by Crippen LogP contribution is -2.49. The van der Waals surface area contributed by atoms with Crippen molar-refractivity contribution in [3.8, 4) is 0 Å². The maximum absolute atomic E-state index is 11.1. The lowest BCUT2D eigenvalue weighted by atomic mass is 9.98. The number of carbonyl (C=O) groups excluding carboxylic acids is 1. The zero-order valence-corrected chi connectivity index (χ0v) is 9.62. The fourth-order valence-corrected chi connectivity index (χ4v) is 2.50. The molecule has 3 unspecified atom stereocenters. The van der Waals surface area contributed by atoms with Gasteiger partial charge in [0.15, 0.2) is 0 Å². The summed E-state index contributed by atoms with van der Waals surface area (Å²) in [6.45, 7) is 4.23. The molecule has 2 aliphatic rings. The van der Waals surface area contributed by atoms with E-state index in [0.29, 0.717) is 24.5 Å². The number of carbonyl (C=O) groups is 1. The van der Waals surface area contributed by atoms with E-state index in [1.807, 2.05) is 0 Å². The molecule has 2 fully saturated rings. The number of likely N-dealkylation sites (tertiary alicyclic amines) is 1. The molecular formula is C11H21N3O. The fraction of sp³-hybridized carbons (Fsp3) is 0.909. The molecule has 0 aromatic heterocycles. The summed E-state index contributed by atoms with van der Waals surface area (Å²) >= 11 is 0. The van der Waals surface area contributed by atoms with E-state index >= 15 is 0 Å². The van der Waals surface area contributed by atoms with Gasteiger partial charge in [-0.15, -0.1) is 0 Å². The SMILES string of the molecule is CC1CC(NC2CNC(=O)C2)CCN1C. The lowest BCUT2D eigenvalue weighted by Gasteiger charge is -2.36. The third-order valence-electron chi connectivity index (χ3n) is 3.66. The van der Waals surface area contributed by atoms with Crippen molar-refractivity contribution in [1.82, 2.24) is 15.5 Å². The number of hydrogen-bond donors (Lipinski definition) is 2. The Bertz CT molecular complexity index is 244. The van der Waals surface area contributed by atoms with Crippen LogP contribution in [-0.2, 0) is 4.79 Å². The molecule has 0 radical (unpaired) electrons. The van der Waals surface area contributed by atoms with Gasteiger partial charge in [0, 0.05) is 31.1 Å². The monoisotopic (exact) mass is 211 g/mol. The van der Waals surface area contributed by atoms with Crippen LogP contribution < -0.4 is 10.6 Å². The Morgan fingerprint density at radius 2 is 2.27 bits per heavy atom. The van der Waals surface area contributed by atoms with Crippen LogP contribution in [0, 0.1) is 0 Å². The predicted octanol–water partition coefficient (Wildman–Crippen LogP) is -0.0528. The molecule has 2 heterocycles. The molecule has 0 aromatic carbocycles. The van der Waals surface area contributed by atoms with Crippen molar-refractivity contribution in [2.75, 3.05) is 20.1 Å². The Hall–Kier alpha value is -0.610. The van der Waals surface area contributed by atoms with Gasteiger partial charge in [-0.1, -0.05) is 0 Å². The smallest absolute Gasteiger partial charge is 0.221 e. The first-order valence-electron chi connectivity index (χ1n) is 5.88. The van der Waals surface area contributed by atoms with Crippen LogP contribution >= 0.6 is 0 Å². The van der Waals surface area contributed by atoms with E-state index in [2.05, 4.69) is 29.5 Å². The highest BCUT2D eigenvalue weighted by atomic mass is 16.1. The molecule has 4 nitrogen and oxygen atoms in total. The van der Waals surface area contributed by atoms with Crippen LogP contribution in [0.4, 0.5) is 0 Å². The van der Waals surface area contributed by atoms with Crippen LogP contribution in [0.1, 0.15) is 26.2 Å². The van der Waals surface area contributed by atoms with Gasteiger partial charge >= 0.3 is 0 Å². The van der Waals surface area contributed by atoms with Crippen molar-refractivity contribution >= 4 is 5.91 Å². The quantitative estimate of drug-likeness (QED) is 0.673. The van der Waals surface area contributed by atoms with Gasteiger partial charge in [0.1, 0.15) is 0 Å². The maximum Gasteiger partial charge on any atom is 0.221 e. The zero-order valence-electron chi connectivity index (χ0n) is 9.62. The fourth-order valence-electron chi connectivity index (χ4n) is 2.50. The highest BCUT2D eigenvalue weighted by Gasteiger charge is 2.27. The van der Waals surface area contributed by atoms with E-state index in [9.17, 15) is 4.79 Å². The molecule has 0 aliphatic carbocycles. The summed E-state index contributed by atoms with van der Waals surface area (Å²) in [5.41, 5.74) is 0. The Labute approximate surface area is 91.4 Å². The first-order chi connectivity index (χ1) is 7.15. The average molecular weight is 211 g/mol. The highest BCUT2D eigenvalue weighted by Crippen LogP contribution is 2.16. The van der Waals surface area contributed by atoms with E-state index in [1.165, 1.54) is 12.8 Å². The lowest BCUT2D eigenvalue weighted by molar-refractivity contribution is -0.119. The van der Waals surface area contributed by atoms with Crippen molar-refractivity contribution in [2.24, 2.45) is 0 Å². The standard InChI is InChI=1S/C11H21N3O/c1-8-5-9(3-4-14(8)2)13-10-6-11(15)12-7-10/h8-10,13H,3-7H2,1-2H3,(H,12,15). The molecule has 0 spiro atoms. The van der Waals surface area contributed by atoms with Crippen molar-refractivity contribution in [3.63, 3.8) is 0 Å². The normalized spacial score (nSPS) is 38.0. The molecule has 2 aliphatic heterocycles. The van der Waals surface area contributed by atoms with Crippen molar-refractivity contribution in [3.05, 3.63) is 0 Å². The number of amides is 1. The largest absolute Gasteiger partial charge is 0.354 e. The number of nitrogens with one attached hydrogen (secondary N) is 2. The second-order valence-corrected chi connectivity index (χ2v) is 4.92. The number of rotatable bonds is 2. The van der Waals surface area contributed by atoms with Gasteiger partial charge in [0.2, 0.25) is 5.91 Å². The Balaban J connectivity index is 1.78. The van der Waals surface area contributed by atoms with Crippen molar-refractivity contribution < 1.29 is 4.79 Å². The second kappa shape index (κ2) is 4.49. The molecule has 3 atom stereocenters. The second-order valence-electron chi connectivity index (χ2n) is 4.92. The maximum atomic E-state index is 11.1. The van der Waals surface area contributed by atoms with Crippen LogP contribution in [0.5, 0.6) is 0 Å². The van der Waals surface area contributed by atoms with E-state index in [-0.39, 0.29) is 5.91 Å². The topological polar surface area (TPSA) is 44.4 Å². The average Bonchev–Trinajstić information content (AvgIpc) is 2.58. The first kappa shape index (κ1) is 10.9. The Morgan fingerprint density at radius 1 is 1.47 bits per heavy atom. The molecule has 0 saturated carbocycles. The van der Waals surface area contributed by atoms with Crippen LogP contribution in [0.15, 0.2) is 0 Å². The highest BCUT2D eigenvalue weighted by molar-refractivity contribution is 5.78. The van der Waals surface area contributed by atoms with Gasteiger partial charge in [-0.05, 0) is 33.4 Å². The number of piperidine rings is 1. The van der Waals surface area contributed by atoms with Gasteiger partial charge in [0.05, 0.1) is 0 Å². The molecule has 15 heavy (non-hydrogen) atoms. The minimum Gasteiger partial charge on any atom is -0.354 e. The summed E-state index contributed by atoms with van der Waals surface area (Å²) in [5, 5.41) is 6.46. The predicted molar refractivity (Wildman–Crippen MR) is 59.7 cm³/mol. The van der Waals surface area contributed by atoms with E-state index < -0.39 is 0 Å². The van der Waals surface area contributed by atoms with Gasteiger partial charge in [-0.2, -0.15) is 0 Å². The summed E-state index contributed by atoms with van der Waals surface area (Å²) < 4.78 is 0. The minimum atomic E-state index is 0.188. The van der Waals surface area contributed by atoms with E-state index in [4.69, 9.17) is 0 Å². The van der Waals surface area contributed by atoms with Crippen molar-refractivity contribution in [1.29, 1.82) is 0 Å². The van der Waals surface area contributed by atoms with Crippen LogP contribution in [0.2, 0.25) is 0 Å². The van der Waals surface area contributed by atoms with Gasteiger partial charge in [-0.25, -0.2) is 0 Å². The minimum absolute atomic E-state index is 0.188. The summed E-state index contributed by atoms with van der Waals surface area (Å²) in [4.78, 5) is 13.5. The number of nitrogens with zero attached hydrogens (tertiary/aromatic N) is 1. The van der Waals surface area contributed by atoms with Crippen LogP contribution in [0.3, 0.4) is 0 Å². The molecule has 2 rings (SSSR count). The van der Waals surface area contributed by atoms with E-state index in [1.54, 1.807) is 0 Å². The third kappa shape index (κ3) is 2.69. The summed E-state index contributed by atoms with van der Waals surface area (Å²) in [7, 11) is 2.18. The van der Waals surface area contributed by atoms with E-state index in [0.717, 1.165) is 13.1 Å². The molecule has 0 bridgehead atoms. The summed E-state index contributed by atoms with van der Waals surface area (Å²) in [6, 6.07) is 1.60. The molecule has 86 valence electrons. The van der Waals surface area contributed by atoms with Crippen molar-refractivity contribution in [2.45, 2.75) is 44.3 Å². The summed E-state index contributed by atoms with van der Waals surface area (Å²) in [6.07, 6.45) is 3.05. The number of hydrogen-bond acceptors (Lipinski definition) is 3. The van der Waals surface area contributed by atoms with Crippen LogP contribution in [-0.4, -0.2) is 49.1 Å². The third-order valence-corrected chi connectivity index (χ3v) is 3.66. The molecule has 2 N–H and O–H groups in total. The Morgan fingerprint density at radius 3 is 2.87 bits per heavy atom. The van der Waals surface area contributed by atoms with Gasteiger partial charge in [-0.3, -0.25) is 4.79 Å². The zero-order chi connectivity index (χ0) is 10.8. The van der Waals surface area contributed by atoms with Crippen LogP contribution in [0.25, 0.3) is 0 Å². The molecule has 4 heteroatoms. The van der Waals surface area contributed by atoms with Gasteiger partial charge < -0.3 is 15.5 Å². The van der Waals surface area contributed by atoms with Gasteiger partial charge in [0.25, 0.3) is 0 Å². The summed E-state index contributed by atoms with van der Waals surface area (Å²) in [5.74, 6) is 0.188. The first-order valence-corrected chi connectivity index (χ1v) is 5.88. The molecule has 1 amide bonds. The molecular weight excluding hydrogens is 190 g/mol. The Kier molecular flexibility index (Phi) is 3.26.